The monoisotopic (exact) mass is 340 g/mol. The van der Waals surface area contributed by atoms with Crippen molar-refractivity contribution in [2.75, 3.05) is 13.2 Å². The molecular formula is C15H32O6S. The Labute approximate surface area is 134 Å². The third-order valence-electron chi connectivity index (χ3n) is 3.77. The van der Waals surface area contributed by atoms with Gasteiger partial charge in [0, 0.05) is 0 Å². The standard InChI is InChI=1S/C15H32O6S/c1-2-3-4-5-6-7-8-9-10-11-12-15(17,13-16)14-21-22(18,19)20/h16-17H,2-14H2,1H3,(H,18,19,20). The van der Waals surface area contributed by atoms with Crippen molar-refractivity contribution in [3.05, 3.63) is 0 Å². The second kappa shape index (κ2) is 12.2. The molecule has 0 aromatic carbocycles. The van der Waals surface area contributed by atoms with E-state index in [4.69, 9.17) is 9.66 Å². The summed E-state index contributed by atoms with van der Waals surface area (Å²) in [7, 11) is -4.59. The Morgan fingerprint density at radius 3 is 1.77 bits per heavy atom. The van der Waals surface area contributed by atoms with Crippen LogP contribution in [0.15, 0.2) is 0 Å². The van der Waals surface area contributed by atoms with E-state index in [-0.39, 0.29) is 6.42 Å². The van der Waals surface area contributed by atoms with Crippen LogP contribution in [0.25, 0.3) is 0 Å². The molecule has 0 aliphatic heterocycles. The molecule has 0 aliphatic rings. The Balaban J connectivity index is 3.62. The van der Waals surface area contributed by atoms with Gasteiger partial charge in [0.2, 0.25) is 0 Å². The average Bonchev–Trinajstić information content (AvgIpc) is 2.46. The molecule has 22 heavy (non-hydrogen) atoms. The lowest BCUT2D eigenvalue weighted by Gasteiger charge is -2.24. The summed E-state index contributed by atoms with van der Waals surface area (Å²) in [4.78, 5) is 0. The fourth-order valence-corrected chi connectivity index (χ4v) is 2.69. The van der Waals surface area contributed by atoms with Crippen LogP contribution in [0.2, 0.25) is 0 Å². The van der Waals surface area contributed by atoms with E-state index >= 15 is 0 Å². The van der Waals surface area contributed by atoms with Gasteiger partial charge in [0.25, 0.3) is 0 Å². The number of hydrogen-bond donors (Lipinski definition) is 3. The molecule has 3 N–H and O–H groups in total. The molecule has 0 saturated carbocycles. The van der Waals surface area contributed by atoms with Crippen LogP contribution in [-0.4, -0.2) is 42.0 Å². The molecule has 0 radical (unpaired) electrons. The van der Waals surface area contributed by atoms with Gasteiger partial charge < -0.3 is 10.2 Å². The third-order valence-corrected chi connectivity index (χ3v) is 4.18. The summed E-state index contributed by atoms with van der Waals surface area (Å²) >= 11 is 0. The number of aliphatic hydroxyl groups excluding tert-OH is 1. The minimum absolute atomic E-state index is 0.246. The zero-order valence-electron chi connectivity index (χ0n) is 13.7. The molecule has 0 spiro atoms. The summed E-state index contributed by atoms with van der Waals surface area (Å²) in [5, 5.41) is 19.1. The van der Waals surface area contributed by atoms with E-state index in [1.807, 2.05) is 0 Å². The molecule has 7 heteroatoms. The van der Waals surface area contributed by atoms with Gasteiger partial charge >= 0.3 is 10.4 Å². The first kappa shape index (κ1) is 21.8. The minimum Gasteiger partial charge on any atom is -0.393 e. The number of aliphatic hydroxyl groups is 2. The van der Waals surface area contributed by atoms with Gasteiger partial charge in [0.15, 0.2) is 0 Å². The van der Waals surface area contributed by atoms with E-state index in [1.54, 1.807) is 0 Å². The van der Waals surface area contributed by atoms with Crippen molar-refractivity contribution in [3.8, 4) is 0 Å². The molecule has 1 unspecified atom stereocenters. The highest BCUT2D eigenvalue weighted by molar-refractivity contribution is 7.80. The van der Waals surface area contributed by atoms with Crippen LogP contribution >= 0.6 is 0 Å². The van der Waals surface area contributed by atoms with Gasteiger partial charge in [0.05, 0.1) is 13.2 Å². The Kier molecular flexibility index (Phi) is 12.1. The lowest BCUT2D eigenvalue weighted by molar-refractivity contribution is -0.0552. The highest BCUT2D eigenvalue weighted by Gasteiger charge is 2.28. The molecule has 0 aromatic rings. The fraction of sp³-hybridized carbons (Fsp3) is 1.00. The van der Waals surface area contributed by atoms with Gasteiger partial charge in [0.1, 0.15) is 5.60 Å². The second-order valence-electron chi connectivity index (χ2n) is 6.00. The van der Waals surface area contributed by atoms with Crippen LogP contribution < -0.4 is 0 Å². The van der Waals surface area contributed by atoms with Gasteiger partial charge in [-0.2, -0.15) is 8.42 Å². The van der Waals surface area contributed by atoms with Crippen molar-refractivity contribution in [2.24, 2.45) is 0 Å². The smallest absolute Gasteiger partial charge is 0.393 e. The fourth-order valence-electron chi connectivity index (χ4n) is 2.32. The summed E-state index contributed by atoms with van der Waals surface area (Å²) in [6.45, 7) is 0.980. The number of unbranched alkanes of at least 4 members (excludes halogenated alkanes) is 9. The van der Waals surface area contributed by atoms with Gasteiger partial charge in [-0.05, 0) is 6.42 Å². The predicted octanol–water partition coefficient (Wildman–Crippen LogP) is 2.84. The maximum Gasteiger partial charge on any atom is 0.397 e. The first-order valence-corrected chi connectivity index (χ1v) is 9.64. The first-order valence-electron chi connectivity index (χ1n) is 8.28. The zero-order valence-corrected chi connectivity index (χ0v) is 14.5. The maximum atomic E-state index is 10.5. The highest BCUT2D eigenvalue weighted by atomic mass is 32.3. The lowest BCUT2D eigenvalue weighted by atomic mass is 9.97. The highest BCUT2D eigenvalue weighted by Crippen LogP contribution is 2.18. The van der Waals surface area contributed by atoms with Crippen LogP contribution in [0.4, 0.5) is 0 Å². The van der Waals surface area contributed by atoms with E-state index in [0.717, 1.165) is 19.3 Å². The Morgan fingerprint density at radius 1 is 0.909 bits per heavy atom. The minimum atomic E-state index is -4.59. The molecule has 134 valence electrons. The van der Waals surface area contributed by atoms with Crippen LogP contribution in [0.3, 0.4) is 0 Å². The molecular weight excluding hydrogens is 308 g/mol. The molecule has 0 amide bonds. The van der Waals surface area contributed by atoms with E-state index in [2.05, 4.69) is 11.1 Å². The molecule has 0 saturated heterocycles. The zero-order chi connectivity index (χ0) is 16.9. The summed E-state index contributed by atoms with van der Waals surface area (Å²) < 4.78 is 33.6. The largest absolute Gasteiger partial charge is 0.397 e. The van der Waals surface area contributed by atoms with Gasteiger partial charge in [-0.1, -0.05) is 71.1 Å². The molecule has 0 heterocycles. The topological polar surface area (TPSA) is 104 Å². The van der Waals surface area contributed by atoms with Crippen LogP contribution in [0, 0.1) is 0 Å². The van der Waals surface area contributed by atoms with Crippen LogP contribution in [-0.2, 0) is 14.6 Å². The number of hydrogen-bond acceptors (Lipinski definition) is 5. The van der Waals surface area contributed by atoms with E-state index in [1.165, 1.54) is 38.5 Å². The molecule has 0 bridgehead atoms. The average molecular weight is 340 g/mol. The maximum absolute atomic E-state index is 10.5. The van der Waals surface area contributed by atoms with E-state index in [0.29, 0.717) is 6.42 Å². The normalized spacial score (nSPS) is 14.9. The van der Waals surface area contributed by atoms with Crippen molar-refractivity contribution in [1.29, 1.82) is 0 Å². The second-order valence-corrected chi connectivity index (χ2v) is 7.10. The molecule has 0 rings (SSSR count). The quantitative estimate of drug-likeness (QED) is 0.313. The third kappa shape index (κ3) is 13.5. The van der Waals surface area contributed by atoms with Crippen molar-refractivity contribution in [3.63, 3.8) is 0 Å². The van der Waals surface area contributed by atoms with Crippen LogP contribution in [0.1, 0.15) is 77.6 Å². The van der Waals surface area contributed by atoms with Crippen molar-refractivity contribution < 1.29 is 27.4 Å². The lowest BCUT2D eigenvalue weighted by Crippen LogP contribution is -2.39. The Hall–Kier alpha value is -0.210. The molecule has 0 fully saturated rings. The van der Waals surface area contributed by atoms with Gasteiger partial charge in [-0.3, -0.25) is 4.55 Å². The summed E-state index contributed by atoms with van der Waals surface area (Å²) in [5.41, 5.74) is -1.62. The SMILES string of the molecule is CCCCCCCCCCCCC(O)(CO)COS(=O)(=O)O. The molecule has 1 atom stereocenters. The summed E-state index contributed by atoms with van der Waals surface area (Å²) in [6, 6.07) is 0. The predicted molar refractivity (Wildman–Crippen MR) is 86.0 cm³/mol. The molecule has 0 aromatic heterocycles. The first-order chi connectivity index (χ1) is 10.3. The van der Waals surface area contributed by atoms with Gasteiger partial charge in [-0.15, -0.1) is 0 Å². The Bertz CT molecular complexity index is 357. The van der Waals surface area contributed by atoms with Crippen molar-refractivity contribution in [2.45, 2.75) is 83.2 Å². The summed E-state index contributed by atoms with van der Waals surface area (Å²) in [6.07, 6.45) is 11.7. The molecule has 6 nitrogen and oxygen atoms in total. The van der Waals surface area contributed by atoms with Crippen molar-refractivity contribution in [1.82, 2.24) is 0 Å². The Morgan fingerprint density at radius 2 is 1.36 bits per heavy atom. The number of rotatable bonds is 15. The van der Waals surface area contributed by atoms with Gasteiger partial charge in [-0.25, -0.2) is 4.18 Å². The van der Waals surface area contributed by atoms with Crippen molar-refractivity contribution >= 4 is 10.4 Å². The van der Waals surface area contributed by atoms with E-state index in [9.17, 15) is 13.5 Å². The summed E-state index contributed by atoms with van der Waals surface area (Å²) in [5.74, 6) is 0. The van der Waals surface area contributed by atoms with E-state index < -0.39 is 29.2 Å². The van der Waals surface area contributed by atoms with Crippen LogP contribution in [0.5, 0.6) is 0 Å². The molecule has 0 aliphatic carbocycles.